The van der Waals surface area contributed by atoms with Gasteiger partial charge in [-0.25, -0.2) is 75.0 Å². The highest BCUT2D eigenvalue weighted by molar-refractivity contribution is 6.67. The van der Waals surface area contributed by atoms with Crippen LogP contribution in [0.2, 0.25) is 0 Å². The largest absolute Gasteiger partial charge is 0.484 e. The molecule has 5 aliphatic rings. The molecule has 12 aromatic rings. The number of benzene rings is 4. The number of nitrogens with one attached hydrogen (secondary N) is 3. The molecular weight excluding hydrogens is 1570 g/mol. The van der Waals surface area contributed by atoms with Crippen LogP contribution in [-0.2, 0) is 11.3 Å². The molecule has 1 saturated heterocycles. The van der Waals surface area contributed by atoms with Crippen molar-refractivity contribution in [1.82, 2.24) is 39.9 Å². The maximum Gasteiger partial charge on any atom is 0.262 e. The molecule has 1 fully saturated rings. The minimum atomic E-state index is -1.12. The summed E-state index contributed by atoms with van der Waals surface area (Å²) in [5.74, 6) is -2.90. The van der Waals surface area contributed by atoms with E-state index in [-0.39, 0.29) is 29.7 Å². The number of aryl methyl sites for hydroxylation is 4. The Bertz CT molecular complexity index is 5370. The molecule has 8 aromatic heterocycles. The zero-order valence-electron chi connectivity index (χ0n) is 63.3. The zero-order valence-corrected chi connectivity index (χ0v) is 64.0. The van der Waals surface area contributed by atoms with Crippen LogP contribution in [0, 0.1) is 74.2 Å². The van der Waals surface area contributed by atoms with Gasteiger partial charge in [0, 0.05) is 117 Å². The molecule has 0 aliphatic carbocycles. The number of ether oxygens (including phenoxy) is 9. The Morgan fingerprint density at radius 2 is 0.712 bits per heavy atom. The standard InChI is InChI=1S/2C20H15F2N3O3.C20H17F2N3O2.C13H13N3O2.C7H3ClF2O.C4H7BO/c2*1-11-13(9-16-20(24-11)28-8-7-27-16)12-5-6-17(23-10-12)25-19(26)18-14(21)3-2-4-15(18)22;1-12-14(9-18-20(25-12)27-8-7-26-18)13-5-6-19(23-10-13)24-11-15-16(21)3-2-4-17(15)22;1-8-10(9-2-3-12(14)15-7-9)6-11-13(16-8)18-5-4-17-11;8-7(11)6-4(9)2-1-3-5(6)10;5-4-2-1-3-6-4/h2*2-6,9-10H,7-8H2,1H3,(H,23,25,26);2-6,9-10H,7-8,11H2,1H3,(H,23,24);2-3,6-7H,4-5H2,1H3,(H2,14,15);1-3H;4H,1-3H2. The first-order valence-corrected chi connectivity index (χ1v) is 36.7. The lowest BCUT2D eigenvalue weighted by molar-refractivity contribution is 0.101. The first kappa shape index (κ1) is 83.9. The number of nitrogens with two attached hydrogens (primary N) is 1. The van der Waals surface area contributed by atoms with E-state index in [0.29, 0.717) is 111 Å². The summed E-state index contributed by atoms with van der Waals surface area (Å²) >= 11 is 4.89. The summed E-state index contributed by atoms with van der Waals surface area (Å²) in [5.41, 5.74) is 13.5. The van der Waals surface area contributed by atoms with E-state index in [1.54, 1.807) is 48.8 Å². The van der Waals surface area contributed by atoms with Crippen molar-refractivity contribution in [1.29, 1.82) is 0 Å². The monoisotopic (exact) mass is 1640 g/mol. The van der Waals surface area contributed by atoms with Gasteiger partial charge in [0.2, 0.25) is 0 Å². The van der Waals surface area contributed by atoms with Crippen molar-refractivity contribution in [2.75, 3.05) is 81.1 Å². The summed E-state index contributed by atoms with van der Waals surface area (Å²) < 4.78 is 156. The van der Waals surface area contributed by atoms with Gasteiger partial charge in [0.05, 0.1) is 0 Å². The average Bonchev–Trinajstić information content (AvgIpc) is 0.859. The fourth-order valence-electron chi connectivity index (χ4n) is 11.8. The third-order valence-electron chi connectivity index (χ3n) is 17.7. The first-order chi connectivity index (χ1) is 56.9. The Morgan fingerprint density at radius 3 is 0.983 bits per heavy atom. The number of pyridine rings is 8. The molecule has 0 spiro atoms. The smallest absolute Gasteiger partial charge is 0.262 e. The molecule has 34 heteroatoms. The van der Waals surface area contributed by atoms with E-state index < -0.39 is 80.3 Å². The van der Waals surface area contributed by atoms with Crippen LogP contribution in [0.4, 0.5) is 58.4 Å². The molecule has 2 amide bonds. The number of hydrogen-bond donors (Lipinski definition) is 4. The lowest BCUT2D eigenvalue weighted by Gasteiger charge is -2.19. The minimum absolute atomic E-state index is 0.00939. The molecule has 24 nitrogen and oxygen atoms in total. The van der Waals surface area contributed by atoms with Gasteiger partial charge in [0.25, 0.3) is 40.6 Å². The number of nitrogens with zero attached hydrogens (tertiary/aromatic N) is 8. The summed E-state index contributed by atoms with van der Waals surface area (Å²) in [4.78, 5) is 69.0. The number of aromatic nitrogens is 8. The number of carbonyl (C=O) groups excluding carboxylic acids is 3. The maximum absolute atomic E-state index is 13.7. The number of fused-ring (bicyclic) bond motifs is 4. The van der Waals surface area contributed by atoms with Crippen LogP contribution in [-0.4, -0.2) is 130 Å². The van der Waals surface area contributed by atoms with Gasteiger partial charge in [0.1, 0.15) is 147 Å². The van der Waals surface area contributed by atoms with Gasteiger partial charge in [-0.2, -0.15) is 0 Å². The van der Waals surface area contributed by atoms with Gasteiger partial charge in [-0.05, 0) is 173 Å². The minimum Gasteiger partial charge on any atom is -0.484 e. The van der Waals surface area contributed by atoms with Gasteiger partial charge >= 0.3 is 0 Å². The summed E-state index contributed by atoms with van der Waals surface area (Å²) in [5, 5.41) is 6.60. The highest BCUT2D eigenvalue weighted by Crippen LogP contribution is 2.39. The summed E-state index contributed by atoms with van der Waals surface area (Å²) in [6, 6.07) is 34.7. The predicted octanol–water partition coefficient (Wildman–Crippen LogP) is 16.1. The van der Waals surface area contributed by atoms with E-state index in [1.165, 1.54) is 42.7 Å². The van der Waals surface area contributed by atoms with Crippen LogP contribution in [0.1, 0.15) is 72.3 Å². The topological polar surface area (TPSA) is 300 Å². The Labute approximate surface area is 675 Å². The Hall–Kier alpha value is -13.6. The fourth-order valence-corrected chi connectivity index (χ4v) is 12.0. The number of hydrogen-bond acceptors (Lipinski definition) is 22. The molecule has 118 heavy (non-hydrogen) atoms. The Kier molecular flexibility index (Phi) is 27.8. The zero-order chi connectivity index (χ0) is 83.5. The molecule has 0 saturated carbocycles. The first-order valence-electron chi connectivity index (χ1n) is 36.3. The molecule has 17 rings (SSSR count). The summed E-state index contributed by atoms with van der Waals surface area (Å²) in [7, 11) is 5.31. The SMILES string of the molecule is Cc1nc2c(cc1-c1ccc(N)nc1)OCCO2.Cc1nc2c(cc1-c1ccc(NC(=O)c3c(F)cccc3F)nc1)OCCO2.Cc1nc2c(cc1-c1ccc(NC(=O)c3c(F)cccc3F)nc1)OCCO2.Cc1nc2c(cc1-c1ccc(NCc3c(F)cccc3F)nc1)OCCO2.O=C(Cl)c1c(F)cccc1F.[B]C1CCCO1. The number of carbonyl (C=O) groups is 3. The molecular formula is C84H70BClF8N12O12. The van der Waals surface area contributed by atoms with Crippen LogP contribution >= 0.6 is 11.6 Å². The van der Waals surface area contributed by atoms with Crippen LogP contribution in [0.3, 0.4) is 0 Å². The van der Waals surface area contributed by atoms with Crippen LogP contribution in [0.25, 0.3) is 44.5 Å². The second-order valence-corrected chi connectivity index (χ2v) is 26.2. The van der Waals surface area contributed by atoms with Gasteiger partial charge < -0.3 is 64.3 Å². The molecule has 4 aromatic carbocycles. The number of nitrogen functional groups attached to an aromatic ring is 1. The van der Waals surface area contributed by atoms with E-state index in [4.69, 9.17) is 67.8 Å². The molecule has 13 heterocycles. The van der Waals surface area contributed by atoms with Crippen molar-refractivity contribution in [2.45, 2.75) is 53.1 Å². The van der Waals surface area contributed by atoms with Gasteiger partial charge in [0.15, 0.2) is 23.0 Å². The second-order valence-electron chi connectivity index (χ2n) is 25.8. The average molecular weight is 1640 g/mol. The van der Waals surface area contributed by atoms with E-state index >= 15 is 0 Å². The van der Waals surface area contributed by atoms with E-state index in [1.807, 2.05) is 64.1 Å². The molecule has 5 aliphatic heterocycles. The quantitative estimate of drug-likeness (QED) is 0.0502. The maximum atomic E-state index is 13.7. The summed E-state index contributed by atoms with van der Waals surface area (Å²) in [6.45, 7) is 12.3. The van der Waals surface area contributed by atoms with Crippen molar-refractivity contribution in [3.63, 3.8) is 0 Å². The molecule has 604 valence electrons. The van der Waals surface area contributed by atoms with Crippen LogP contribution in [0.5, 0.6) is 46.5 Å². The van der Waals surface area contributed by atoms with Crippen LogP contribution in [0.15, 0.2) is 170 Å². The molecule has 0 bridgehead atoms. The highest BCUT2D eigenvalue weighted by atomic mass is 35.5. The van der Waals surface area contributed by atoms with E-state index in [2.05, 4.69) is 55.8 Å². The third-order valence-corrected chi connectivity index (χ3v) is 17.9. The number of rotatable bonds is 12. The lowest BCUT2D eigenvalue weighted by Crippen LogP contribution is -2.17. The van der Waals surface area contributed by atoms with Crippen molar-refractivity contribution >= 4 is 59.8 Å². The fraction of sp³-hybridized carbons (Fsp3) is 0.202. The Morgan fingerprint density at radius 1 is 0.407 bits per heavy atom. The predicted molar refractivity (Wildman–Crippen MR) is 421 cm³/mol. The van der Waals surface area contributed by atoms with Crippen molar-refractivity contribution in [3.8, 4) is 91.0 Å². The van der Waals surface area contributed by atoms with Gasteiger partial charge in [-0.15, -0.1) is 0 Å². The normalized spacial score (nSPS) is 13.6. The van der Waals surface area contributed by atoms with Gasteiger partial charge in [-0.1, -0.05) is 24.3 Å². The van der Waals surface area contributed by atoms with Crippen molar-refractivity contribution in [2.24, 2.45) is 0 Å². The Balaban J connectivity index is 0.000000136. The number of amides is 2. The highest BCUT2D eigenvalue weighted by Gasteiger charge is 2.25. The number of halogens is 9. The van der Waals surface area contributed by atoms with E-state index in [9.17, 15) is 49.5 Å². The van der Waals surface area contributed by atoms with Gasteiger partial charge in [-0.3, -0.25) is 14.4 Å². The van der Waals surface area contributed by atoms with E-state index in [0.717, 1.165) is 129 Å². The molecule has 5 N–H and O–H groups in total. The van der Waals surface area contributed by atoms with Crippen molar-refractivity contribution < 1.29 is 92.1 Å². The van der Waals surface area contributed by atoms with Crippen LogP contribution < -0.4 is 59.6 Å². The molecule has 1 unspecified atom stereocenters. The molecule has 2 radical (unpaired) electrons. The molecule has 1 atom stereocenters. The third kappa shape index (κ3) is 21.3. The summed E-state index contributed by atoms with van der Waals surface area (Å²) in [6.07, 6.45) is 8.66. The lowest BCUT2D eigenvalue weighted by atomic mass is 9.98. The number of anilines is 4. The second kappa shape index (κ2) is 39.2. The van der Waals surface area contributed by atoms with Crippen molar-refractivity contribution in [3.05, 3.63) is 262 Å².